The molecule has 6 heteroatoms. The summed E-state index contributed by atoms with van der Waals surface area (Å²) in [6.07, 6.45) is 0. The quantitative estimate of drug-likeness (QED) is 0.575. The Morgan fingerprint density at radius 1 is 1.42 bits per heavy atom. The minimum Gasteiger partial charge on any atom is -0.369 e. The number of amides is 1. The van der Waals surface area contributed by atoms with Crippen molar-refractivity contribution in [1.29, 1.82) is 0 Å². The Morgan fingerprint density at radius 2 is 1.83 bits per heavy atom. The van der Waals surface area contributed by atoms with E-state index in [2.05, 4.69) is 0 Å². The number of hydrogen-bond donors (Lipinski definition) is 2. The number of carbonyl (C=O) groups excluding carboxylic acids is 1. The van der Waals surface area contributed by atoms with Crippen molar-refractivity contribution in [2.45, 2.75) is 24.3 Å². The van der Waals surface area contributed by atoms with Crippen LogP contribution in [0.1, 0.15) is 13.8 Å². The van der Waals surface area contributed by atoms with Crippen molar-refractivity contribution in [3.63, 3.8) is 0 Å². The van der Waals surface area contributed by atoms with Crippen molar-refractivity contribution in [3.8, 4) is 0 Å². The maximum atomic E-state index is 11.3. The van der Waals surface area contributed by atoms with E-state index in [9.17, 15) is 13.2 Å². The van der Waals surface area contributed by atoms with Gasteiger partial charge in [-0.2, -0.15) is 0 Å². The molecular formula is C6H14N2O3S. The molecule has 0 heterocycles. The average molecular weight is 194 g/mol. The highest BCUT2D eigenvalue weighted by molar-refractivity contribution is 7.93. The highest BCUT2D eigenvalue weighted by atomic mass is 32.2. The van der Waals surface area contributed by atoms with E-state index in [-0.39, 0.29) is 6.54 Å². The molecule has 0 saturated carbocycles. The summed E-state index contributed by atoms with van der Waals surface area (Å²) in [5.74, 6) is -0.838. The zero-order chi connectivity index (χ0) is 9.94. The molecule has 2 unspecified atom stereocenters. The van der Waals surface area contributed by atoms with Crippen LogP contribution in [0.25, 0.3) is 0 Å². The molecule has 5 nitrogen and oxygen atoms in total. The fourth-order valence-corrected chi connectivity index (χ4v) is 1.93. The molecule has 0 aromatic carbocycles. The first-order valence-corrected chi connectivity index (χ1v) is 5.17. The van der Waals surface area contributed by atoms with Gasteiger partial charge in [-0.15, -0.1) is 0 Å². The summed E-state index contributed by atoms with van der Waals surface area (Å²) in [5, 5.41) is -1.88. The summed E-state index contributed by atoms with van der Waals surface area (Å²) in [5.41, 5.74) is 10.0. The monoisotopic (exact) mass is 194 g/mol. The predicted molar refractivity (Wildman–Crippen MR) is 46.1 cm³/mol. The van der Waals surface area contributed by atoms with Crippen molar-refractivity contribution in [2.24, 2.45) is 11.5 Å². The molecule has 0 aliphatic carbocycles. The van der Waals surface area contributed by atoms with Crippen LogP contribution in [0.15, 0.2) is 0 Å². The van der Waals surface area contributed by atoms with E-state index in [1.54, 1.807) is 0 Å². The lowest BCUT2D eigenvalue weighted by Gasteiger charge is -2.14. The summed E-state index contributed by atoms with van der Waals surface area (Å²) in [7, 11) is -3.49. The normalized spacial score (nSPS) is 16.9. The van der Waals surface area contributed by atoms with Crippen LogP contribution < -0.4 is 11.5 Å². The lowest BCUT2D eigenvalue weighted by atomic mass is 10.5. The topological polar surface area (TPSA) is 103 Å². The van der Waals surface area contributed by atoms with Crippen molar-refractivity contribution in [3.05, 3.63) is 0 Å². The van der Waals surface area contributed by atoms with E-state index in [1.165, 1.54) is 13.8 Å². The Kier molecular flexibility index (Phi) is 3.66. The van der Waals surface area contributed by atoms with Crippen LogP contribution >= 0.6 is 0 Å². The summed E-state index contributed by atoms with van der Waals surface area (Å²) in [6.45, 7) is 2.72. The first-order chi connectivity index (χ1) is 5.34. The SMILES string of the molecule is CC(CN)S(=O)(=O)C(C)C(N)=O. The smallest absolute Gasteiger partial charge is 0.235 e. The molecule has 0 aliphatic rings. The Labute approximate surface area is 72.0 Å². The van der Waals surface area contributed by atoms with Crippen LogP contribution in [-0.2, 0) is 14.6 Å². The zero-order valence-electron chi connectivity index (χ0n) is 7.15. The van der Waals surface area contributed by atoms with E-state index in [1.807, 2.05) is 0 Å². The number of hydrogen-bond acceptors (Lipinski definition) is 4. The van der Waals surface area contributed by atoms with Gasteiger partial charge < -0.3 is 11.5 Å². The molecule has 0 radical (unpaired) electrons. The number of primary amides is 1. The van der Waals surface area contributed by atoms with Gasteiger partial charge in [0.25, 0.3) is 0 Å². The second kappa shape index (κ2) is 3.86. The Bertz CT molecular complexity index is 260. The molecule has 0 aromatic rings. The van der Waals surface area contributed by atoms with Crippen LogP contribution in [0.2, 0.25) is 0 Å². The van der Waals surface area contributed by atoms with Gasteiger partial charge in [-0.1, -0.05) is 0 Å². The van der Waals surface area contributed by atoms with Gasteiger partial charge in [0, 0.05) is 6.54 Å². The number of rotatable bonds is 4. The third kappa shape index (κ3) is 2.18. The van der Waals surface area contributed by atoms with Crippen molar-refractivity contribution in [2.75, 3.05) is 6.54 Å². The molecule has 2 atom stereocenters. The molecule has 12 heavy (non-hydrogen) atoms. The fourth-order valence-electron chi connectivity index (χ4n) is 0.644. The van der Waals surface area contributed by atoms with Gasteiger partial charge in [-0.05, 0) is 13.8 Å². The molecule has 0 aromatic heterocycles. The van der Waals surface area contributed by atoms with Gasteiger partial charge in [-0.25, -0.2) is 8.42 Å². The van der Waals surface area contributed by atoms with Crippen molar-refractivity contribution in [1.82, 2.24) is 0 Å². The minimum atomic E-state index is -3.49. The molecule has 0 aliphatic heterocycles. The Hall–Kier alpha value is -0.620. The van der Waals surface area contributed by atoms with E-state index in [0.29, 0.717) is 0 Å². The van der Waals surface area contributed by atoms with Crippen LogP contribution in [0.3, 0.4) is 0 Å². The van der Waals surface area contributed by atoms with E-state index < -0.39 is 26.2 Å². The van der Waals surface area contributed by atoms with Gasteiger partial charge in [0.05, 0.1) is 5.25 Å². The lowest BCUT2D eigenvalue weighted by molar-refractivity contribution is -0.117. The minimum absolute atomic E-state index is 0.0000463. The maximum Gasteiger partial charge on any atom is 0.235 e. The Morgan fingerprint density at radius 3 is 2.08 bits per heavy atom. The molecular weight excluding hydrogens is 180 g/mol. The molecule has 0 bridgehead atoms. The number of nitrogens with two attached hydrogens (primary N) is 2. The lowest BCUT2D eigenvalue weighted by Crippen LogP contribution is -2.40. The molecule has 0 rings (SSSR count). The van der Waals surface area contributed by atoms with Gasteiger partial charge in [0.2, 0.25) is 5.91 Å². The van der Waals surface area contributed by atoms with Gasteiger partial charge >= 0.3 is 0 Å². The second-order valence-corrected chi connectivity index (χ2v) is 5.37. The highest BCUT2D eigenvalue weighted by Gasteiger charge is 2.30. The molecule has 0 spiro atoms. The van der Waals surface area contributed by atoms with Crippen LogP contribution in [0.4, 0.5) is 0 Å². The standard InChI is InChI=1S/C6H14N2O3S/c1-4(3-7)12(10,11)5(2)6(8)9/h4-5H,3,7H2,1-2H3,(H2,8,9). The predicted octanol–water partition coefficient (Wildman–Crippen LogP) is -1.38. The van der Waals surface area contributed by atoms with Gasteiger partial charge in [-0.3, -0.25) is 4.79 Å². The highest BCUT2D eigenvalue weighted by Crippen LogP contribution is 2.07. The van der Waals surface area contributed by atoms with Crippen LogP contribution in [0.5, 0.6) is 0 Å². The van der Waals surface area contributed by atoms with Crippen molar-refractivity contribution < 1.29 is 13.2 Å². The van der Waals surface area contributed by atoms with E-state index >= 15 is 0 Å². The third-order valence-corrected chi connectivity index (χ3v) is 4.32. The summed E-state index contributed by atoms with van der Waals surface area (Å²) in [6, 6.07) is 0. The summed E-state index contributed by atoms with van der Waals surface area (Å²) in [4.78, 5) is 10.6. The Balaban J connectivity index is 4.74. The zero-order valence-corrected chi connectivity index (χ0v) is 7.97. The molecule has 0 saturated heterocycles. The van der Waals surface area contributed by atoms with E-state index in [4.69, 9.17) is 11.5 Å². The van der Waals surface area contributed by atoms with Gasteiger partial charge in [0.15, 0.2) is 9.84 Å². The fraction of sp³-hybridized carbons (Fsp3) is 0.833. The number of carbonyl (C=O) groups is 1. The molecule has 72 valence electrons. The second-order valence-electron chi connectivity index (χ2n) is 2.68. The summed E-state index contributed by atoms with van der Waals surface area (Å²) >= 11 is 0. The number of sulfone groups is 1. The molecule has 0 fully saturated rings. The van der Waals surface area contributed by atoms with E-state index in [0.717, 1.165) is 0 Å². The maximum absolute atomic E-state index is 11.3. The molecule has 4 N–H and O–H groups in total. The first kappa shape index (κ1) is 11.4. The van der Waals surface area contributed by atoms with Crippen LogP contribution in [0, 0.1) is 0 Å². The molecule has 1 amide bonds. The van der Waals surface area contributed by atoms with Crippen LogP contribution in [-0.4, -0.2) is 31.4 Å². The first-order valence-electron chi connectivity index (χ1n) is 3.56. The van der Waals surface area contributed by atoms with Crippen molar-refractivity contribution >= 4 is 15.7 Å². The largest absolute Gasteiger partial charge is 0.369 e. The average Bonchev–Trinajstić information content (AvgIpc) is 2.01. The third-order valence-electron chi connectivity index (χ3n) is 1.79. The summed E-state index contributed by atoms with van der Waals surface area (Å²) < 4.78 is 22.6. The van der Waals surface area contributed by atoms with Gasteiger partial charge in [0.1, 0.15) is 5.25 Å².